The van der Waals surface area contributed by atoms with Crippen LogP contribution in [0.1, 0.15) is 19.4 Å². The van der Waals surface area contributed by atoms with Crippen molar-refractivity contribution in [2.45, 2.75) is 26.2 Å². The Balaban J connectivity index is 0.000000572. The molecule has 0 heterocycles. The summed E-state index contributed by atoms with van der Waals surface area (Å²) in [6.45, 7) is 2.36. The van der Waals surface area contributed by atoms with Crippen LogP contribution in [-0.2, 0) is 27.6 Å². The van der Waals surface area contributed by atoms with Crippen LogP contribution in [-0.4, -0.2) is 47.2 Å². The van der Waals surface area contributed by atoms with Gasteiger partial charge >= 0.3 is 12.2 Å². The highest BCUT2D eigenvalue weighted by molar-refractivity contribution is 5.67. The minimum absolute atomic E-state index is 0.0159. The van der Waals surface area contributed by atoms with Crippen molar-refractivity contribution in [2.24, 2.45) is 0 Å². The average Bonchev–Trinajstić information content (AvgIpc) is 3.00. The number of alkyl carbamates (subject to hydrolysis) is 2. The number of nitrogens with zero attached hydrogens (tertiary/aromatic N) is 1. The van der Waals surface area contributed by atoms with Gasteiger partial charge in [0.1, 0.15) is 26.4 Å². The van der Waals surface area contributed by atoms with Crippen LogP contribution in [0.25, 0.3) is 0 Å². The lowest BCUT2D eigenvalue weighted by molar-refractivity contribution is -0.384. The third-order valence-corrected chi connectivity index (χ3v) is 4.40. The molecule has 214 valence electrons. The predicted octanol–water partition coefficient (Wildman–Crippen LogP) is 4.88. The summed E-state index contributed by atoms with van der Waals surface area (Å²) in [4.78, 5) is 35.3. The molecule has 12 nitrogen and oxygen atoms in total. The number of phenols is 1. The van der Waals surface area contributed by atoms with Crippen LogP contribution in [0, 0.1) is 22.9 Å². The Morgan fingerprint density at radius 3 is 1.80 bits per heavy atom. The molecule has 0 saturated heterocycles. The van der Waals surface area contributed by atoms with Crippen molar-refractivity contribution in [3.8, 4) is 18.6 Å². The van der Waals surface area contributed by atoms with Crippen LogP contribution in [0.4, 0.5) is 15.3 Å². The van der Waals surface area contributed by atoms with Crippen LogP contribution < -0.4 is 10.6 Å². The number of benzene rings is 3. The molecule has 0 fully saturated rings. The fourth-order valence-electron chi connectivity index (χ4n) is 2.41. The second kappa shape index (κ2) is 21.9. The molecule has 4 N–H and O–H groups in total. The van der Waals surface area contributed by atoms with E-state index >= 15 is 0 Å². The largest absolute Gasteiger partial charge is 0.508 e. The number of nitro groups is 1. The standard InChI is InChI=1S/C11H15NO4.C9H11NO2.C6H5NO3.C2H2/c1-9(16-14)7-12-11(13)15-8-10-5-3-2-4-6-10;1-10-9(11)12-7-8-5-3-2-4-6-8;8-6-3-1-5(2-4-6)7(9)10;1-2/h2-6,9,14H,7-8H2,1H3,(H,12,13);2-6H,7H2,1H3,(H,10,11);1-4,8H;1-2H/i;;;1D. The van der Waals surface area contributed by atoms with Crippen LogP contribution >= 0.6 is 0 Å². The zero-order valence-corrected chi connectivity index (χ0v) is 22.1. The van der Waals surface area contributed by atoms with E-state index in [1.165, 1.54) is 37.7 Å². The maximum atomic E-state index is 11.2. The monoisotopic (exact) mass is 556 g/mol. The van der Waals surface area contributed by atoms with Crippen LogP contribution in [0.3, 0.4) is 0 Å². The molecule has 3 rings (SSSR count). The van der Waals surface area contributed by atoms with Gasteiger partial charge in [0, 0.05) is 25.7 Å². The summed E-state index contributed by atoms with van der Waals surface area (Å²) in [6.07, 6.45) is 4.37. The molecule has 1 atom stereocenters. The van der Waals surface area contributed by atoms with E-state index in [0.29, 0.717) is 6.61 Å². The van der Waals surface area contributed by atoms with Crippen LogP contribution in [0.2, 0.25) is 0 Å². The second-order valence-corrected chi connectivity index (χ2v) is 7.44. The Bertz CT molecular complexity index is 1180. The van der Waals surface area contributed by atoms with Gasteiger partial charge in [-0.25, -0.2) is 14.5 Å². The van der Waals surface area contributed by atoms with Gasteiger partial charge in [0.05, 0.1) is 4.92 Å². The van der Waals surface area contributed by atoms with Gasteiger partial charge in [0.25, 0.3) is 5.69 Å². The first-order valence-corrected chi connectivity index (χ1v) is 11.6. The van der Waals surface area contributed by atoms with Crippen LogP contribution in [0.5, 0.6) is 5.75 Å². The SMILES string of the molecule is CC(CNC(=O)OCc1ccccc1)OO.CNC(=O)OCc1ccccc1.O=[N+]([O-])c1ccc(O)cc1.[2H]C#C. The van der Waals surface area contributed by atoms with E-state index in [-0.39, 0.29) is 24.6 Å². The van der Waals surface area contributed by atoms with Gasteiger partial charge in [-0.1, -0.05) is 60.7 Å². The number of non-ortho nitro benzene ring substituents is 1. The normalized spacial score (nSPS) is 10.0. The van der Waals surface area contributed by atoms with Gasteiger partial charge in [0.2, 0.25) is 0 Å². The lowest BCUT2D eigenvalue weighted by atomic mass is 10.2. The number of carbonyl (C=O) groups is 2. The smallest absolute Gasteiger partial charge is 0.407 e. The molecule has 3 aromatic carbocycles. The molecule has 0 aromatic heterocycles. The minimum Gasteiger partial charge on any atom is -0.508 e. The fraction of sp³-hybridized carbons (Fsp3) is 0.214. The first-order valence-electron chi connectivity index (χ1n) is 12.1. The summed E-state index contributed by atoms with van der Waals surface area (Å²) in [6, 6.07) is 24.0. The number of phenolic OH excluding ortho intramolecular Hbond substituents is 1. The molecule has 0 bridgehead atoms. The summed E-state index contributed by atoms with van der Waals surface area (Å²) in [5.41, 5.74) is 1.89. The highest BCUT2D eigenvalue weighted by atomic mass is 17.1. The Kier molecular flexibility index (Phi) is 18.0. The quantitative estimate of drug-likeness (QED) is 0.131. The van der Waals surface area contributed by atoms with Gasteiger partial charge in [-0.15, -0.1) is 12.8 Å². The molecule has 0 saturated carbocycles. The molecule has 0 aliphatic heterocycles. The summed E-state index contributed by atoms with van der Waals surface area (Å²) < 4.78 is 15.5. The number of hydrogen-bond donors (Lipinski definition) is 4. The molecular weight excluding hydrogens is 522 g/mol. The third-order valence-electron chi connectivity index (χ3n) is 4.40. The van der Waals surface area contributed by atoms with E-state index in [9.17, 15) is 19.7 Å². The number of rotatable bonds is 8. The average molecular weight is 557 g/mol. The van der Waals surface area contributed by atoms with Crippen molar-refractivity contribution in [3.05, 3.63) is 106 Å². The number of terminal acetylenes is 1. The molecular formula is C28H33N3O9. The number of nitro benzene ring substituents is 1. The van der Waals surface area contributed by atoms with E-state index in [2.05, 4.69) is 21.9 Å². The first-order chi connectivity index (χ1) is 19.7. The molecule has 0 aliphatic rings. The fourth-order valence-corrected chi connectivity index (χ4v) is 2.41. The second-order valence-electron chi connectivity index (χ2n) is 7.44. The molecule has 12 heteroatoms. The Hall–Kier alpha value is -5.12. The minimum atomic E-state index is -0.534. The maximum Gasteiger partial charge on any atom is 0.407 e. The van der Waals surface area contributed by atoms with Gasteiger partial charge in [-0.2, -0.15) is 0 Å². The van der Waals surface area contributed by atoms with E-state index < -0.39 is 23.2 Å². The summed E-state index contributed by atoms with van der Waals surface area (Å²) in [7, 11) is 1.54. The Labute approximate surface area is 234 Å². The lowest BCUT2D eigenvalue weighted by Crippen LogP contribution is -2.32. The zero-order chi connectivity index (χ0) is 30.9. The topological polar surface area (TPSA) is 169 Å². The van der Waals surface area contributed by atoms with E-state index in [1.54, 1.807) is 6.92 Å². The summed E-state index contributed by atoms with van der Waals surface area (Å²) in [5, 5.41) is 31.8. The zero-order valence-electron chi connectivity index (χ0n) is 23.1. The van der Waals surface area contributed by atoms with E-state index in [4.69, 9.17) is 21.2 Å². The number of carbonyl (C=O) groups excluding carboxylic acids is 2. The van der Waals surface area contributed by atoms with E-state index in [0.717, 1.165) is 11.1 Å². The van der Waals surface area contributed by atoms with Crippen molar-refractivity contribution in [3.63, 3.8) is 0 Å². The number of ether oxygens (including phenoxy) is 2. The van der Waals surface area contributed by atoms with Crippen LogP contribution in [0.15, 0.2) is 84.9 Å². The molecule has 0 radical (unpaired) electrons. The molecule has 40 heavy (non-hydrogen) atoms. The van der Waals surface area contributed by atoms with E-state index in [1.807, 2.05) is 60.7 Å². The lowest BCUT2D eigenvalue weighted by Gasteiger charge is -2.09. The van der Waals surface area contributed by atoms with Gasteiger partial charge in [-0.05, 0) is 30.2 Å². The van der Waals surface area contributed by atoms with Crippen molar-refractivity contribution >= 4 is 17.9 Å². The summed E-state index contributed by atoms with van der Waals surface area (Å²) in [5.74, 6) is 0.0330. The third kappa shape index (κ3) is 17.4. The number of hydrogen-bond acceptors (Lipinski definition) is 9. The predicted molar refractivity (Wildman–Crippen MR) is 148 cm³/mol. The highest BCUT2D eigenvalue weighted by Crippen LogP contribution is 2.15. The van der Waals surface area contributed by atoms with Gasteiger partial charge in [0.15, 0.2) is 0 Å². The number of nitrogens with one attached hydrogen (secondary N) is 2. The maximum absolute atomic E-state index is 11.2. The number of amides is 2. The van der Waals surface area contributed by atoms with Gasteiger partial charge in [-0.3, -0.25) is 15.4 Å². The Morgan fingerprint density at radius 2 is 1.40 bits per heavy atom. The molecule has 0 aliphatic carbocycles. The number of aromatic hydroxyl groups is 1. The van der Waals surface area contributed by atoms with Crippen molar-refractivity contribution in [1.82, 2.24) is 10.6 Å². The highest BCUT2D eigenvalue weighted by Gasteiger charge is 2.06. The van der Waals surface area contributed by atoms with Crippen molar-refractivity contribution in [1.29, 1.82) is 0 Å². The van der Waals surface area contributed by atoms with Gasteiger partial charge < -0.3 is 25.2 Å². The molecule has 0 spiro atoms. The van der Waals surface area contributed by atoms with Crippen molar-refractivity contribution in [2.75, 3.05) is 13.6 Å². The van der Waals surface area contributed by atoms with Crippen molar-refractivity contribution < 1.29 is 40.6 Å². The first kappa shape index (κ1) is 32.9. The molecule has 1 unspecified atom stereocenters. The molecule has 3 aromatic rings. The summed E-state index contributed by atoms with van der Waals surface area (Å²) >= 11 is 0. The Morgan fingerprint density at radius 1 is 0.950 bits per heavy atom. The molecule has 2 amide bonds.